The summed E-state index contributed by atoms with van der Waals surface area (Å²) in [5.74, 6) is -0.805. The van der Waals surface area contributed by atoms with Gasteiger partial charge < -0.3 is 10.1 Å². The number of cyclic esters (lactones) is 1. The van der Waals surface area contributed by atoms with Crippen LogP contribution in [-0.2, 0) is 16.0 Å². The SMILES string of the molecule is Cc1ccc(NC(=O)C2(C)Cc3cc(Br)ccc3C(=O)O2)cc1. The van der Waals surface area contributed by atoms with Crippen molar-refractivity contribution in [3.63, 3.8) is 0 Å². The molecule has 0 radical (unpaired) electrons. The average Bonchev–Trinajstić information content (AvgIpc) is 2.48. The molecule has 4 nitrogen and oxygen atoms in total. The number of ether oxygens (including phenoxy) is 1. The number of benzene rings is 2. The van der Waals surface area contributed by atoms with Crippen LogP contribution in [0.2, 0.25) is 0 Å². The highest BCUT2D eigenvalue weighted by Gasteiger charge is 2.42. The van der Waals surface area contributed by atoms with Gasteiger partial charge in [0, 0.05) is 16.6 Å². The van der Waals surface area contributed by atoms with Crippen LogP contribution >= 0.6 is 15.9 Å². The van der Waals surface area contributed by atoms with Crippen molar-refractivity contribution >= 4 is 33.5 Å². The Balaban J connectivity index is 1.85. The quantitative estimate of drug-likeness (QED) is 0.812. The van der Waals surface area contributed by atoms with Crippen LogP contribution in [-0.4, -0.2) is 17.5 Å². The first-order valence-corrected chi connectivity index (χ1v) is 8.06. The number of halogens is 1. The molecule has 1 amide bonds. The maximum Gasteiger partial charge on any atom is 0.339 e. The molecule has 0 aromatic heterocycles. The second-order valence-electron chi connectivity index (χ2n) is 5.92. The van der Waals surface area contributed by atoms with Gasteiger partial charge in [-0.1, -0.05) is 33.6 Å². The van der Waals surface area contributed by atoms with Crippen LogP contribution in [0.3, 0.4) is 0 Å². The molecule has 0 bridgehead atoms. The zero-order chi connectivity index (χ0) is 16.6. The van der Waals surface area contributed by atoms with Crippen molar-refractivity contribution in [3.8, 4) is 0 Å². The predicted molar refractivity (Wildman–Crippen MR) is 91.5 cm³/mol. The van der Waals surface area contributed by atoms with E-state index in [4.69, 9.17) is 4.74 Å². The van der Waals surface area contributed by atoms with Crippen LogP contribution in [0, 0.1) is 6.92 Å². The van der Waals surface area contributed by atoms with Gasteiger partial charge in [0.1, 0.15) is 0 Å². The van der Waals surface area contributed by atoms with Crippen LogP contribution < -0.4 is 5.32 Å². The summed E-state index contributed by atoms with van der Waals surface area (Å²) in [6.45, 7) is 3.61. The third kappa shape index (κ3) is 3.15. The minimum atomic E-state index is -1.23. The highest BCUT2D eigenvalue weighted by molar-refractivity contribution is 9.10. The average molecular weight is 374 g/mol. The van der Waals surface area contributed by atoms with E-state index in [-0.39, 0.29) is 5.91 Å². The van der Waals surface area contributed by atoms with Crippen molar-refractivity contribution in [2.24, 2.45) is 0 Å². The lowest BCUT2D eigenvalue weighted by Crippen LogP contribution is -2.48. The van der Waals surface area contributed by atoms with E-state index >= 15 is 0 Å². The fourth-order valence-electron chi connectivity index (χ4n) is 2.59. The minimum Gasteiger partial charge on any atom is -0.445 e. The zero-order valence-electron chi connectivity index (χ0n) is 12.9. The molecular weight excluding hydrogens is 358 g/mol. The summed E-state index contributed by atoms with van der Waals surface area (Å²) in [5, 5.41) is 2.82. The Kier molecular flexibility index (Phi) is 3.98. The highest BCUT2D eigenvalue weighted by atomic mass is 79.9. The summed E-state index contributed by atoms with van der Waals surface area (Å²) in [5.41, 5.74) is 1.87. The Bertz CT molecular complexity index is 785. The number of aryl methyl sites for hydroxylation is 1. The number of rotatable bonds is 2. The van der Waals surface area contributed by atoms with E-state index in [1.165, 1.54) is 0 Å². The van der Waals surface area contributed by atoms with Gasteiger partial charge in [0.15, 0.2) is 5.60 Å². The molecule has 23 heavy (non-hydrogen) atoms. The number of nitrogens with one attached hydrogen (secondary N) is 1. The molecule has 0 saturated carbocycles. The minimum absolute atomic E-state index is 0.333. The fourth-order valence-corrected chi connectivity index (χ4v) is 3.00. The molecule has 0 fully saturated rings. The number of esters is 1. The van der Waals surface area contributed by atoms with Crippen LogP contribution in [0.1, 0.15) is 28.4 Å². The standard InChI is InChI=1S/C18H16BrNO3/c1-11-3-6-14(7-4-11)20-17(22)18(2)10-12-9-13(19)5-8-15(12)16(21)23-18/h3-9H,10H2,1-2H3,(H,20,22). The van der Waals surface area contributed by atoms with Gasteiger partial charge in [0.05, 0.1) is 5.56 Å². The van der Waals surface area contributed by atoms with Crippen molar-refractivity contribution in [2.75, 3.05) is 5.32 Å². The molecule has 1 aliphatic heterocycles. The maximum absolute atomic E-state index is 12.6. The van der Waals surface area contributed by atoms with Crippen molar-refractivity contribution in [2.45, 2.75) is 25.9 Å². The smallest absolute Gasteiger partial charge is 0.339 e. The van der Waals surface area contributed by atoms with Crippen LogP contribution in [0.25, 0.3) is 0 Å². The number of fused-ring (bicyclic) bond motifs is 1. The number of carbonyl (C=O) groups is 2. The predicted octanol–water partition coefficient (Wildman–Crippen LogP) is 3.87. The lowest BCUT2D eigenvalue weighted by molar-refractivity contribution is -0.134. The van der Waals surface area contributed by atoms with E-state index in [2.05, 4.69) is 21.2 Å². The van der Waals surface area contributed by atoms with Gasteiger partial charge in [0.2, 0.25) is 0 Å². The number of carbonyl (C=O) groups excluding carboxylic acids is 2. The van der Waals surface area contributed by atoms with E-state index in [1.807, 2.05) is 37.3 Å². The lowest BCUT2D eigenvalue weighted by Gasteiger charge is -2.33. The molecule has 1 atom stereocenters. The Morgan fingerprint density at radius 1 is 1.22 bits per heavy atom. The van der Waals surface area contributed by atoms with E-state index in [0.717, 1.165) is 15.6 Å². The van der Waals surface area contributed by atoms with Crippen molar-refractivity contribution in [3.05, 3.63) is 63.6 Å². The molecule has 1 N–H and O–H groups in total. The lowest BCUT2D eigenvalue weighted by atomic mass is 9.89. The summed E-state index contributed by atoms with van der Waals surface area (Å²) in [6, 6.07) is 12.8. The van der Waals surface area contributed by atoms with Crippen LogP contribution in [0.5, 0.6) is 0 Å². The molecule has 0 saturated heterocycles. The van der Waals surface area contributed by atoms with E-state index < -0.39 is 11.6 Å². The summed E-state index contributed by atoms with van der Waals surface area (Å²) in [7, 11) is 0. The number of hydrogen-bond donors (Lipinski definition) is 1. The molecule has 3 rings (SSSR count). The van der Waals surface area contributed by atoms with Crippen LogP contribution in [0.4, 0.5) is 5.69 Å². The van der Waals surface area contributed by atoms with Crippen molar-refractivity contribution in [1.29, 1.82) is 0 Å². The third-order valence-electron chi connectivity index (χ3n) is 3.92. The first-order chi connectivity index (χ1) is 10.9. The van der Waals surface area contributed by atoms with E-state index in [9.17, 15) is 9.59 Å². The largest absolute Gasteiger partial charge is 0.445 e. The summed E-state index contributed by atoms with van der Waals surface area (Å²) >= 11 is 3.39. The number of anilines is 1. The first kappa shape index (κ1) is 15.7. The van der Waals surface area contributed by atoms with Crippen LogP contribution in [0.15, 0.2) is 46.9 Å². The normalized spacial score (nSPS) is 19.7. The molecule has 2 aromatic rings. The van der Waals surface area contributed by atoms with Gasteiger partial charge in [-0.3, -0.25) is 4.79 Å². The summed E-state index contributed by atoms with van der Waals surface area (Å²) in [6.07, 6.45) is 0.339. The Hall–Kier alpha value is -2.14. The Morgan fingerprint density at radius 3 is 2.61 bits per heavy atom. The molecular formula is C18H16BrNO3. The molecule has 1 unspecified atom stereocenters. The summed E-state index contributed by atoms with van der Waals surface area (Å²) in [4.78, 5) is 24.8. The topological polar surface area (TPSA) is 55.4 Å². The van der Waals surface area contributed by atoms with Gasteiger partial charge in [0.25, 0.3) is 5.91 Å². The van der Waals surface area contributed by atoms with Gasteiger partial charge in [-0.15, -0.1) is 0 Å². The molecule has 5 heteroatoms. The Labute approximate surface area is 143 Å². The number of amides is 1. The van der Waals surface area contributed by atoms with E-state index in [1.54, 1.807) is 19.1 Å². The van der Waals surface area contributed by atoms with Crippen molar-refractivity contribution < 1.29 is 14.3 Å². The third-order valence-corrected chi connectivity index (χ3v) is 4.42. The van der Waals surface area contributed by atoms with Gasteiger partial charge in [-0.25, -0.2) is 4.79 Å². The Morgan fingerprint density at radius 2 is 1.91 bits per heavy atom. The zero-order valence-corrected chi connectivity index (χ0v) is 14.4. The molecule has 118 valence electrons. The second-order valence-corrected chi connectivity index (χ2v) is 6.83. The van der Waals surface area contributed by atoms with E-state index in [0.29, 0.717) is 17.7 Å². The molecule has 2 aromatic carbocycles. The summed E-state index contributed by atoms with van der Waals surface area (Å²) < 4.78 is 6.30. The number of hydrogen-bond acceptors (Lipinski definition) is 3. The van der Waals surface area contributed by atoms with Gasteiger partial charge in [-0.05, 0) is 49.7 Å². The van der Waals surface area contributed by atoms with Crippen molar-refractivity contribution in [1.82, 2.24) is 0 Å². The fraction of sp³-hybridized carbons (Fsp3) is 0.222. The van der Waals surface area contributed by atoms with Gasteiger partial charge >= 0.3 is 5.97 Å². The molecule has 1 aliphatic rings. The first-order valence-electron chi connectivity index (χ1n) is 7.27. The maximum atomic E-state index is 12.6. The molecule has 0 spiro atoms. The monoisotopic (exact) mass is 373 g/mol. The van der Waals surface area contributed by atoms with Gasteiger partial charge in [-0.2, -0.15) is 0 Å². The second kappa shape index (κ2) is 5.81. The molecule has 1 heterocycles. The highest BCUT2D eigenvalue weighted by Crippen LogP contribution is 2.31. The molecule has 0 aliphatic carbocycles.